The molecule has 0 fully saturated rings. The minimum absolute atomic E-state index is 0.00742. The lowest BCUT2D eigenvalue weighted by atomic mass is 10.1. The molecule has 20 heavy (non-hydrogen) atoms. The average molecular weight is 291 g/mol. The Balaban J connectivity index is 2.61. The highest BCUT2D eigenvalue weighted by atomic mass is 19.4. The van der Waals surface area contributed by atoms with Crippen molar-refractivity contribution >= 4 is 5.78 Å². The number of rotatable bonds is 6. The van der Waals surface area contributed by atoms with Crippen LogP contribution in [0.5, 0.6) is 0 Å². The number of alkyl halides is 3. The zero-order valence-corrected chi connectivity index (χ0v) is 11.4. The normalized spacial score (nSPS) is 12.2. The molecular formula is C14H17F4NO. The van der Waals surface area contributed by atoms with Gasteiger partial charge in [0.1, 0.15) is 5.82 Å². The molecule has 0 aliphatic carbocycles. The molecule has 2 nitrogen and oxygen atoms in total. The lowest BCUT2D eigenvalue weighted by molar-refractivity contribution is -0.149. The van der Waals surface area contributed by atoms with Crippen molar-refractivity contribution in [2.75, 3.05) is 13.1 Å². The molecule has 0 N–H and O–H groups in total. The van der Waals surface area contributed by atoms with Crippen molar-refractivity contribution in [2.24, 2.45) is 0 Å². The molecule has 0 bridgehead atoms. The third-order valence-electron chi connectivity index (χ3n) is 2.89. The summed E-state index contributed by atoms with van der Waals surface area (Å²) in [5, 5.41) is 0. The van der Waals surface area contributed by atoms with E-state index < -0.39 is 18.5 Å². The highest BCUT2D eigenvalue weighted by molar-refractivity contribution is 5.96. The maximum absolute atomic E-state index is 13.0. The molecule has 1 rings (SSSR count). The summed E-state index contributed by atoms with van der Waals surface area (Å²) in [6.07, 6.45) is -4.37. The van der Waals surface area contributed by atoms with Gasteiger partial charge >= 0.3 is 6.18 Å². The monoisotopic (exact) mass is 291 g/mol. The SMILES string of the molecule is CC(C)N(CCC(=O)c1cccc(F)c1)CC(F)(F)F. The Morgan fingerprint density at radius 1 is 1.30 bits per heavy atom. The lowest BCUT2D eigenvalue weighted by Gasteiger charge is -2.27. The lowest BCUT2D eigenvalue weighted by Crippen LogP contribution is -2.40. The van der Waals surface area contributed by atoms with Crippen molar-refractivity contribution in [3.05, 3.63) is 35.6 Å². The van der Waals surface area contributed by atoms with E-state index in [9.17, 15) is 22.4 Å². The molecule has 0 aromatic heterocycles. The topological polar surface area (TPSA) is 20.3 Å². The van der Waals surface area contributed by atoms with Crippen LogP contribution in [0.2, 0.25) is 0 Å². The van der Waals surface area contributed by atoms with Crippen molar-refractivity contribution in [3.8, 4) is 0 Å². The van der Waals surface area contributed by atoms with Gasteiger partial charge in [-0.15, -0.1) is 0 Å². The van der Waals surface area contributed by atoms with Crippen molar-refractivity contribution in [2.45, 2.75) is 32.5 Å². The first-order valence-corrected chi connectivity index (χ1v) is 6.28. The maximum Gasteiger partial charge on any atom is 0.401 e. The van der Waals surface area contributed by atoms with Crippen LogP contribution in [0.1, 0.15) is 30.6 Å². The molecular weight excluding hydrogens is 274 g/mol. The molecule has 0 aliphatic rings. The van der Waals surface area contributed by atoms with Crippen LogP contribution >= 0.6 is 0 Å². The Morgan fingerprint density at radius 3 is 2.45 bits per heavy atom. The number of carbonyl (C=O) groups is 1. The summed E-state index contributed by atoms with van der Waals surface area (Å²) in [6.45, 7) is 2.21. The zero-order valence-electron chi connectivity index (χ0n) is 11.4. The van der Waals surface area contributed by atoms with E-state index in [-0.39, 0.29) is 30.4 Å². The summed E-state index contributed by atoms with van der Waals surface area (Å²) in [6, 6.07) is 4.83. The van der Waals surface area contributed by atoms with Gasteiger partial charge in [-0.3, -0.25) is 9.69 Å². The number of carbonyl (C=O) groups excluding carboxylic acids is 1. The fourth-order valence-electron chi connectivity index (χ4n) is 1.80. The Bertz CT molecular complexity index is 457. The van der Waals surface area contributed by atoms with Crippen LogP contribution < -0.4 is 0 Å². The van der Waals surface area contributed by atoms with Gasteiger partial charge in [0.2, 0.25) is 0 Å². The summed E-state index contributed by atoms with van der Waals surface area (Å²) in [5.41, 5.74) is 0.181. The number of hydrogen-bond donors (Lipinski definition) is 0. The van der Waals surface area contributed by atoms with E-state index in [1.165, 1.54) is 23.1 Å². The average Bonchev–Trinajstić information content (AvgIpc) is 2.32. The fraction of sp³-hybridized carbons (Fsp3) is 0.500. The number of ketones is 1. The molecule has 0 amide bonds. The fourth-order valence-corrected chi connectivity index (χ4v) is 1.80. The molecule has 0 unspecified atom stereocenters. The van der Waals surface area contributed by atoms with Crippen LogP contribution in [-0.2, 0) is 0 Å². The summed E-state index contributed by atoms with van der Waals surface area (Å²) in [4.78, 5) is 13.0. The number of halogens is 4. The van der Waals surface area contributed by atoms with Crippen LogP contribution in [0.15, 0.2) is 24.3 Å². The van der Waals surface area contributed by atoms with E-state index in [4.69, 9.17) is 0 Å². The van der Waals surface area contributed by atoms with Crippen LogP contribution in [0.3, 0.4) is 0 Å². The zero-order chi connectivity index (χ0) is 15.3. The Kier molecular flexibility index (Phi) is 5.68. The van der Waals surface area contributed by atoms with Gasteiger partial charge in [-0.2, -0.15) is 13.2 Å². The second-order valence-electron chi connectivity index (χ2n) is 4.86. The van der Waals surface area contributed by atoms with Crippen LogP contribution in [0.4, 0.5) is 17.6 Å². The van der Waals surface area contributed by atoms with Crippen molar-refractivity contribution in [1.29, 1.82) is 0 Å². The van der Waals surface area contributed by atoms with Gasteiger partial charge < -0.3 is 0 Å². The van der Waals surface area contributed by atoms with Crippen molar-refractivity contribution in [3.63, 3.8) is 0 Å². The number of hydrogen-bond acceptors (Lipinski definition) is 2. The molecule has 0 saturated carbocycles. The van der Waals surface area contributed by atoms with Gasteiger partial charge in [-0.05, 0) is 26.0 Å². The first-order valence-electron chi connectivity index (χ1n) is 6.28. The Morgan fingerprint density at radius 2 is 1.95 bits per heavy atom. The molecule has 1 aromatic carbocycles. The molecule has 0 heterocycles. The predicted octanol–water partition coefficient (Wildman–Crippen LogP) is 3.67. The van der Waals surface area contributed by atoms with Gasteiger partial charge in [0, 0.05) is 24.6 Å². The summed E-state index contributed by atoms with van der Waals surface area (Å²) in [5.74, 6) is -0.899. The first kappa shape index (κ1) is 16.6. The summed E-state index contributed by atoms with van der Waals surface area (Å²) >= 11 is 0. The van der Waals surface area contributed by atoms with Crippen LogP contribution in [0.25, 0.3) is 0 Å². The molecule has 6 heteroatoms. The highest BCUT2D eigenvalue weighted by Crippen LogP contribution is 2.18. The van der Waals surface area contributed by atoms with E-state index in [1.807, 2.05) is 0 Å². The summed E-state index contributed by atoms with van der Waals surface area (Å²) < 4.78 is 50.1. The number of nitrogens with zero attached hydrogens (tertiary/aromatic N) is 1. The predicted molar refractivity (Wildman–Crippen MR) is 68.1 cm³/mol. The first-order chi connectivity index (χ1) is 9.19. The van der Waals surface area contributed by atoms with Crippen LogP contribution in [0, 0.1) is 5.82 Å². The second kappa shape index (κ2) is 6.83. The molecule has 0 spiro atoms. The van der Waals surface area contributed by atoms with E-state index in [1.54, 1.807) is 13.8 Å². The standard InChI is InChI=1S/C14H17F4NO/c1-10(2)19(9-14(16,17)18)7-6-13(20)11-4-3-5-12(15)8-11/h3-5,8,10H,6-7,9H2,1-2H3. The minimum Gasteiger partial charge on any atom is -0.294 e. The van der Waals surface area contributed by atoms with Gasteiger partial charge in [0.15, 0.2) is 5.78 Å². The molecule has 0 atom stereocenters. The molecule has 112 valence electrons. The van der Waals surface area contributed by atoms with Gasteiger partial charge in [-0.1, -0.05) is 12.1 Å². The smallest absolute Gasteiger partial charge is 0.294 e. The third kappa shape index (κ3) is 5.69. The van der Waals surface area contributed by atoms with Gasteiger partial charge in [-0.25, -0.2) is 4.39 Å². The van der Waals surface area contributed by atoms with Crippen molar-refractivity contribution in [1.82, 2.24) is 4.90 Å². The molecule has 1 aromatic rings. The highest BCUT2D eigenvalue weighted by Gasteiger charge is 2.31. The largest absolute Gasteiger partial charge is 0.401 e. The number of Topliss-reactive ketones (excluding diaryl/α,β-unsaturated/α-hetero) is 1. The minimum atomic E-state index is -4.30. The second-order valence-corrected chi connectivity index (χ2v) is 4.86. The molecule has 0 aliphatic heterocycles. The van der Waals surface area contributed by atoms with Gasteiger partial charge in [0.05, 0.1) is 6.54 Å². The van der Waals surface area contributed by atoms with Crippen molar-refractivity contribution < 1.29 is 22.4 Å². The van der Waals surface area contributed by atoms with Crippen LogP contribution in [-0.4, -0.2) is 36.0 Å². The maximum atomic E-state index is 13.0. The third-order valence-corrected chi connectivity index (χ3v) is 2.89. The quantitative estimate of drug-likeness (QED) is 0.589. The number of benzene rings is 1. The van der Waals surface area contributed by atoms with Gasteiger partial charge in [0.25, 0.3) is 0 Å². The van der Waals surface area contributed by atoms with E-state index in [2.05, 4.69) is 0 Å². The molecule has 0 radical (unpaired) electrons. The Hall–Kier alpha value is -1.43. The van der Waals surface area contributed by atoms with E-state index in [0.29, 0.717) is 0 Å². The van der Waals surface area contributed by atoms with E-state index >= 15 is 0 Å². The summed E-state index contributed by atoms with van der Waals surface area (Å²) in [7, 11) is 0. The molecule has 0 saturated heterocycles. The Labute approximate surface area is 115 Å². The van der Waals surface area contributed by atoms with E-state index in [0.717, 1.165) is 6.07 Å².